The molecular weight excluding hydrogens is 423 g/mol. The maximum absolute atomic E-state index is 14.0. The van der Waals surface area contributed by atoms with Crippen LogP contribution in [-0.4, -0.2) is 72.2 Å². The molecule has 7 nitrogen and oxygen atoms in total. The maximum Gasteiger partial charge on any atom is 0.261 e. The van der Waals surface area contributed by atoms with Crippen LogP contribution >= 0.6 is 11.6 Å². The molecule has 3 amide bonds. The third-order valence-corrected chi connectivity index (χ3v) is 6.00. The lowest BCUT2D eigenvalue weighted by Crippen LogP contribution is -2.48. The van der Waals surface area contributed by atoms with Gasteiger partial charge < -0.3 is 5.32 Å². The van der Waals surface area contributed by atoms with Crippen molar-refractivity contribution in [3.8, 4) is 0 Å². The summed E-state index contributed by atoms with van der Waals surface area (Å²) in [6, 6.07) is 9.39. The summed E-state index contributed by atoms with van der Waals surface area (Å²) in [4.78, 5) is 41.7. The van der Waals surface area contributed by atoms with Crippen molar-refractivity contribution in [2.45, 2.75) is 6.54 Å². The number of hydrogen-bond acceptors (Lipinski definition) is 5. The van der Waals surface area contributed by atoms with E-state index < -0.39 is 0 Å². The van der Waals surface area contributed by atoms with Gasteiger partial charge in [0.05, 0.1) is 17.7 Å². The van der Waals surface area contributed by atoms with E-state index in [0.29, 0.717) is 60.1 Å². The minimum atomic E-state index is -0.373. The van der Waals surface area contributed by atoms with Gasteiger partial charge in [0.15, 0.2) is 0 Å². The highest BCUT2D eigenvalue weighted by atomic mass is 35.5. The standard InChI is InChI=1S/C22H22ClFN4O3/c1-26-21(30)15-6-5-14(11-16(15)22(26)31)25-20(29)13-28-9-7-27(8-10-28)12-17-18(23)3-2-4-19(17)24/h2-6,11H,7-10,12-13H2,1H3,(H,25,29). The monoisotopic (exact) mass is 444 g/mol. The van der Waals surface area contributed by atoms with Crippen molar-refractivity contribution in [2.24, 2.45) is 0 Å². The molecule has 0 aromatic heterocycles. The summed E-state index contributed by atoms with van der Waals surface area (Å²) in [6.07, 6.45) is 0. The minimum Gasteiger partial charge on any atom is -0.325 e. The van der Waals surface area contributed by atoms with E-state index >= 15 is 0 Å². The summed E-state index contributed by atoms with van der Waals surface area (Å²) < 4.78 is 14.0. The average molecular weight is 445 g/mol. The van der Waals surface area contributed by atoms with Crippen molar-refractivity contribution in [2.75, 3.05) is 45.1 Å². The first-order valence-corrected chi connectivity index (χ1v) is 10.3. The fourth-order valence-corrected chi connectivity index (χ4v) is 4.08. The Labute approximate surface area is 184 Å². The maximum atomic E-state index is 14.0. The van der Waals surface area contributed by atoms with Crippen LogP contribution in [0.15, 0.2) is 36.4 Å². The third-order valence-electron chi connectivity index (χ3n) is 5.65. The molecule has 2 aromatic rings. The third kappa shape index (κ3) is 4.46. The highest BCUT2D eigenvalue weighted by Crippen LogP contribution is 2.25. The molecule has 0 atom stereocenters. The number of imide groups is 1. The number of nitrogens with one attached hydrogen (secondary N) is 1. The molecular formula is C22H22ClFN4O3. The smallest absolute Gasteiger partial charge is 0.261 e. The quantitative estimate of drug-likeness (QED) is 0.717. The van der Waals surface area contributed by atoms with Crippen molar-refractivity contribution in [1.29, 1.82) is 0 Å². The van der Waals surface area contributed by atoms with E-state index in [1.165, 1.54) is 19.2 Å². The minimum absolute atomic E-state index is 0.198. The van der Waals surface area contributed by atoms with Crippen molar-refractivity contribution in [3.05, 3.63) is 63.9 Å². The summed E-state index contributed by atoms with van der Waals surface area (Å²) in [6.45, 7) is 3.36. The van der Waals surface area contributed by atoms with Gasteiger partial charge in [-0.2, -0.15) is 0 Å². The molecule has 31 heavy (non-hydrogen) atoms. The number of rotatable bonds is 5. The Bertz CT molecular complexity index is 1030. The van der Waals surface area contributed by atoms with Crippen LogP contribution in [0, 0.1) is 5.82 Å². The van der Waals surface area contributed by atoms with Gasteiger partial charge in [0.1, 0.15) is 5.82 Å². The van der Waals surface area contributed by atoms with Gasteiger partial charge in [-0.15, -0.1) is 0 Å². The molecule has 0 unspecified atom stereocenters. The number of carbonyl (C=O) groups excluding carboxylic acids is 3. The Morgan fingerprint density at radius 3 is 2.42 bits per heavy atom. The SMILES string of the molecule is CN1C(=O)c2ccc(NC(=O)CN3CCN(Cc4c(F)cccc4Cl)CC3)cc2C1=O. The molecule has 0 radical (unpaired) electrons. The molecule has 1 fully saturated rings. The number of hydrogen-bond donors (Lipinski definition) is 1. The van der Waals surface area contributed by atoms with Gasteiger partial charge in [-0.1, -0.05) is 17.7 Å². The Hall–Kier alpha value is -2.81. The van der Waals surface area contributed by atoms with E-state index in [1.807, 2.05) is 4.90 Å². The topological polar surface area (TPSA) is 73.0 Å². The number of nitrogens with zero attached hydrogens (tertiary/aromatic N) is 3. The zero-order valence-corrected chi connectivity index (χ0v) is 17.8. The molecule has 2 aliphatic heterocycles. The van der Waals surface area contributed by atoms with E-state index in [1.54, 1.807) is 24.3 Å². The molecule has 2 heterocycles. The highest BCUT2D eigenvalue weighted by Gasteiger charge is 2.32. The molecule has 0 aliphatic carbocycles. The Kier molecular flexibility index (Phi) is 6.04. The lowest BCUT2D eigenvalue weighted by molar-refractivity contribution is -0.117. The van der Waals surface area contributed by atoms with Gasteiger partial charge >= 0.3 is 0 Å². The van der Waals surface area contributed by atoms with Crippen molar-refractivity contribution in [1.82, 2.24) is 14.7 Å². The lowest BCUT2D eigenvalue weighted by Gasteiger charge is -2.34. The van der Waals surface area contributed by atoms with E-state index in [4.69, 9.17) is 11.6 Å². The van der Waals surface area contributed by atoms with Crippen LogP contribution in [0.3, 0.4) is 0 Å². The van der Waals surface area contributed by atoms with Gasteiger partial charge in [0, 0.05) is 56.0 Å². The van der Waals surface area contributed by atoms with E-state index in [-0.39, 0.29) is 30.1 Å². The zero-order valence-electron chi connectivity index (χ0n) is 17.0. The second-order valence-corrected chi connectivity index (χ2v) is 8.14. The molecule has 1 saturated heterocycles. The van der Waals surface area contributed by atoms with E-state index in [9.17, 15) is 18.8 Å². The van der Waals surface area contributed by atoms with Gasteiger partial charge in [-0.3, -0.25) is 29.1 Å². The number of halogens is 2. The lowest BCUT2D eigenvalue weighted by atomic mass is 10.1. The Balaban J connectivity index is 1.29. The second kappa shape index (κ2) is 8.74. The molecule has 9 heteroatoms. The summed E-state index contributed by atoms with van der Waals surface area (Å²) in [5.41, 5.74) is 1.61. The largest absolute Gasteiger partial charge is 0.325 e. The fourth-order valence-electron chi connectivity index (χ4n) is 3.86. The first-order chi connectivity index (χ1) is 14.8. The predicted molar refractivity (Wildman–Crippen MR) is 115 cm³/mol. The van der Waals surface area contributed by atoms with Crippen LogP contribution in [0.2, 0.25) is 5.02 Å². The summed E-state index contributed by atoms with van der Waals surface area (Å²) in [5.74, 6) is -1.22. The Morgan fingerprint density at radius 2 is 1.71 bits per heavy atom. The van der Waals surface area contributed by atoms with Crippen molar-refractivity contribution in [3.63, 3.8) is 0 Å². The molecule has 2 aliphatic rings. The number of benzene rings is 2. The fraction of sp³-hybridized carbons (Fsp3) is 0.318. The van der Waals surface area contributed by atoms with Crippen LogP contribution in [0.5, 0.6) is 0 Å². The highest BCUT2D eigenvalue weighted by molar-refractivity contribution is 6.31. The molecule has 1 N–H and O–H groups in total. The van der Waals surface area contributed by atoms with Crippen LogP contribution in [-0.2, 0) is 11.3 Å². The van der Waals surface area contributed by atoms with Crippen molar-refractivity contribution >= 4 is 35.0 Å². The van der Waals surface area contributed by atoms with Gasteiger partial charge in [0.25, 0.3) is 11.8 Å². The second-order valence-electron chi connectivity index (χ2n) is 7.73. The summed E-state index contributed by atoms with van der Waals surface area (Å²) in [5, 5.41) is 3.21. The Morgan fingerprint density at radius 1 is 1.03 bits per heavy atom. The number of fused-ring (bicyclic) bond motifs is 1. The van der Waals surface area contributed by atoms with Crippen LogP contribution in [0.4, 0.5) is 10.1 Å². The summed E-state index contributed by atoms with van der Waals surface area (Å²) in [7, 11) is 1.43. The van der Waals surface area contributed by atoms with Gasteiger partial charge in [0.2, 0.25) is 5.91 Å². The van der Waals surface area contributed by atoms with E-state index in [2.05, 4.69) is 10.2 Å². The van der Waals surface area contributed by atoms with Crippen LogP contribution < -0.4 is 5.32 Å². The van der Waals surface area contributed by atoms with Crippen LogP contribution in [0.1, 0.15) is 26.3 Å². The molecule has 4 rings (SSSR count). The first kappa shape index (κ1) is 21.4. The average Bonchev–Trinajstić information content (AvgIpc) is 2.96. The van der Waals surface area contributed by atoms with Crippen LogP contribution in [0.25, 0.3) is 0 Å². The predicted octanol–water partition coefficient (Wildman–Crippen LogP) is 2.46. The molecule has 0 saturated carbocycles. The normalized spacial score (nSPS) is 17.2. The molecule has 0 bridgehead atoms. The number of piperazine rings is 1. The molecule has 162 valence electrons. The number of carbonyl (C=O) groups is 3. The number of anilines is 1. The zero-order chi connectivity index (χ0) is 22.1. The summed E-state index contributed by atoms with van der Waals surface area (Å²) >= 11 is 6.11. The van der Waals surface area contributed by atoms with Gasteiger partial charge in [-0.05, 0) is 30.3 Å². The molecule has 2 aromatic carbocycles. The number of amides is 3. The van der Waals surface area contributed by atoms with E-state index in [0.717, 1.165) is 4.90 Å². The van der Waals surface area contributed by atoms with Gasteiger partial charge in [-0.25, -0.2) is 4.39 Å². The first-order valence-electron chi connectivity index (χ1n) is 9.97. The van der Waals surface area contributed by atoms with Crippen molar-refractivity contribution < 1.29 is 18.8 Å². The molecule has 0 spiro atoms.